The molecule has 1 heterocycles. The lowest BCUT2D eigenvalue weighted by atomic mass is 9.99. The van der Waals surface area contributed by atoms with Crippen LogP contribution in [0.15, 0.2) is 24.3 Å². The van der Waals surface area contributed by atoms with Crippen LogP contribution >= 0.6 is 0 Å². The maximum Gasteiger partial charge on any atom is 0.253 e. The fourth-order valence-corrected chi connectivity index (χ4v) is 3.29. The molecule has 1 atom stereocenters. The molecule has 3 amide bonds. The molecule has 0 bridgehead atoms. The Labute approximate surface area is 160 Å². The third-order valence-corrected chi connectivity index (χ3v) is 4.65. The zero-order chi connectivity index (χ0) is 19.8. The summed E-state index contributed by atoms with van der Waals surface area (Å²) in [5.74, 6) is -0.406. The summed E-state index contributed by atoms with van der Waals surface area (Å²) < 4.78 is 0. The van der Waals surface area contributed by atoms with Crippen LogP contribution < -0.4 is 16.4 Å². The summed E-state index contributed by atoms with van der Waals surface area (Å²) in [5.41, 5.74) is 6.27. The average molecular weight is 374 g/mol. The van der Waals surface area contributed by atoms with Crippen LogP contribution in [0.2, 0.25) is 0 Å². The first kappa shape index (κ1) is 20.9. The van der Waals surface area contributed by atoms with Gasteiger partial charge in [-0.1, -0.05) is 32.4 Å². The minimum Gasteiger partial charge on any atom is -0.370 e. The number of anilines is 1. The molecule has 0 aromatic heterocycles. The van der Waals surface area contributed by atoms with Crippen molar-refractivity contribution in [2.24, 2.45) is 11.7 Å². The Morgan fingerprint density at radius 2 is 1.96 bits per heavy atom. The van der Waals surface area contributed by atoms with Gasteiger partial charge in [0, 0.05) is 19.0 Å². The largest absolute Gasteiger partial charge is 0.370 e. The Hall–Kier alpha value is -2.41. The lowest BCUT2D eigenvalue weighted by Gasteiger charge is -2.34. The topological polar surface area (TPSA) is 105 Å². The van der Waals surface area contributed by atoms with Crippen LogP contribution in [0.1, 0.15) is 49.9 Å². The zero-order valence-electron chi connectivity index (χ0n) is 16.2. The first-order valence-electron chi connectivity index (χ1n) is 9.56. The van der Waals surface area contributed by atoms with Crippen molar-refractivity contribution in [1.29, 1.82) is 0 Å². The lowest BCUT2D eigenvalue weighted by Crippen LogP contribution is -2.45. The summed E-state index contributed by atoms with van der Waals surface area (Å²) in [6.07, 6.45) is 3.16. The smallest absolute Gasteiger partial charge is 0.253 e. The predicted molar refractivity (Wildman–Crippen MR) is 105 cm³/mol. The SMILES string of the molecule is CC(C)CNC(=O)c1ccccc1NC(=O)CN1CCCCC1CC(N)=O. The number of piperidine rings is 1. The minimum absolute atomic E-state index is 0.00610. The fourth-order valence-electron chi connectivity index (χ4n) is 3.29. The van der Waals surface area contributed by atoms with Gasteiger partial charge in [-0.05, 0) is 37.4 Å². The van der Waals surface area contributed by atoms with Crippen molar-refractivity contribution in [3.63, 3.8) is 0 Å². The monoisotopic (exact) mass is 374 g/mol. The Morgan fingerprint density at radius 3 is 2.67 bits per heavy atom. The van der Waals surface area contributed by atoms with E-state index in [1.54, 1.807) is 24.3 Å². The number of hydrogen-bond acceptors (Lipinski definition) is 4. The molecule has 0 aliphatic carbocycles. The molecule has 1 aliphatic heterocycles. The molecule has 0 radical (unpaired) electrons. The molecule has 1 saturated heterocycles. The maximum absolute atomic E-state index is 12.6. The number of carbonyl (C=O) groups excluding carboxylic acids is 3. The van der Waals surface area contributed by atoms with E-state index >= 15 is 0 Å². The Morgan fingerprint density at radius 1 is 1.22 bits per heavy atom. The van der Waals surface area contributed by atoms with Crippen LogP contribution in [0, 0.1) is 5.92 Å². The number of hydrogen-bond donors (Lipinski definition) is 3. The molecular weight excluding hydrogens is 344 g/mol. The van der Waals surface area contributed by atoms with Crippen molar-refractivity contribution >= 4 is 23.4 Å². The zero-order valence-corrected chi connectivity index (χ0v) is 16.2. The molecule has 27 heavy (non-hydrogen) atoms. The number of likely N-dealkylation sites (tertiary alicyclic amines) is 1. The Kier molecular flexibility index (Phi) is 7.79. The van der Waals surface area contributed by atoms with E-state index in [9.17, 15) is 14.4 Å². The van der Waals surface area contributed by atoms with Crippen molar-refractivity contribution < 1.29 is 14.4 Å². The number of nitrogens with zero attached hydrogens (tertiary/aromatic N) is 1. The van der Waals surface area contributed by atoms with Crippen molar-refractivity contribution in [2.45, 2.75) is 45.6 Å². The quantitative estimate of drug-likeness (QED) is 0.644. The molecule has 1 aromatic rings. The van der Waals surface area contributed by atoms with Crippen molar-refractivity contribution in [3.05, 3.63) is 29.8 Å². The molecule has 0 saturated carbocycles. The van der Waals surface area contributed by atoms with Gasteiger partial charge < -0.3 is 16.4 Å². The third-order valence-electron chi connectivity index (χ3n) is 4.65. The highest BCUT2D eigenvalue weighted by Crippen LogP contribution is 2.20. The maximum atomic E-state index is 12.6. The number of benzene rings is 1. The van der Waals surface area contributed by atoms with Crippen LogP contribution in [0.4, 0.5) is 5.69 Å². The second-order valence-electron chi connectivity index (χ2n) is 7.49. The predicted octanol–water partition coefficient (Wildman–Crippen LogP) is 1.74. The number of primary amides is 1. The second kappa shape index (κ2) is 10.1. The highest BCUT2D eigenvalue weighted by molar-refractivity contribution is 6.04. The second-order valence-corrected chi connectivity index (χ2v) is 7.49. The van der Waals surface area contributed by atoms with Gasteiger partial charge >= 0.3 is 0 Å². The highest BCUT2D eigenvalue weighted by atomic mass is 16.2. The molecule has 1 fully saturated rings. The summed E-state index contributed by atoms with van der Waals surface area (Å²) in [7, 11) is 0. The number of para-hydroxylation sites is 1. The van der Waals surface area contributed by atoms with E-state index in [1.807, 2.05) is 18.7 Å². The van der Waals surface area contributed by atoms with E-state index in [4.69, 9.17) is 5.73 Å². The standard InChI is InChI=1S/C20H30N4O3/c1-14(2)12-22-20(27)16-8-3-4-9-17(16)23-19(26)13-24-10-6-5-7-15(24)11-18(21)25/h3-4,8-9,14-15H,5-7,10-13H2,1-2H3,(H2,21,25)(H,22,27)(H,23,26). The van der Waals surface area contributed by atoms with Gasteiger partial charge in [0.1, 0.15) is 0 Å². The van der Waals surface area contributed by atoms with Crippen LogP contribution in [0.5, 0.6) is 0 Å². The molecule has 1 aromatic carbocycles. The summed E-state index contributed by atoms with van der Waals surface area (Å²) >= 11 is 0. The summed E-state index contributed by atoms with van der Waals surface area (Å²) in [4.78, 5) is 38.2. The first-order chi connectivity index (χ1) is 12.9. The van der Waals surface area contributed by atoms with E-state index in [2.05, 4.69) is 10.6 Å². The van der Waals surface area contributed by atoms with Crippen molar-refractivity contribution in [1.82, 2.24) is 10.2 Å². The summed E-state index contributed by atoms with van der Waals surface area (Å²) in [5, 5.41) is 5.71. The van der Waals surface area contributed by atoms with E-state index < -0.39 is 0 Å². The normalized spacial score (nSPS) is 17.5. The van der Waals surface area contributed by atoms with E-state index in [0.29, 0.717) is 23.7 Å². The molecule has 0 spiro atoms. The molecule has 7 heteroatoms. The van der Waals surface area contributed by atoms with Crippen LogP contribution in [0.25, 0.3) is 0 Å². The van der Waals surface area contributed by atoms with Crippen molar-refractivity contribution in [2.75, 3.05) is 25.0 Å². The number of nitrogens with two attached hydrogens (primary N) is 1. The molecule has 1 aliphatic rings. The Bertz CT molecular complexity index is 675. The summed E-state index contributed by atoms with van der Waals surface area (Å²) in [6, 6.07) is 6.98. The van der Waals surface area contributed by atoms with E-state index in [0.717, 1.165) is 25.8 Å². The fraction of sp³-hybridized carbons (Fsp3) is 0.550. The van der Waals surface area contributed by atoms with Gasteiger partial charge in [0.05, 0.1) is 17.8 Å². The van der Waals surface area contributed by atoms with Crippen LogP contribution in [-0.4, -0.2) is 48.3 Å². The van der Waals surface area contributed by atoms with Crippen molar-refractivity contribution in [3.8, 4) is 0 Å². The lowest BCUT2D eigenvalue weighted by molar-refractivity contribution is -0.122. The average Bonchev–Trinajstić information content (AvgIpc) is 2.61. The van der Waals surface area contributed by atoms with Crippen LogP contribution in [-0.2, 0) is 9.59 Å². The van der Waals surface area contributed by atoms with E-state index in [1.165, 1.54) is 0 Å². The molecule has 4 N–H and O–H groups in total. The molecule has 1 unspecified atom stereocenters. The van der Waals surface area contributed by atoms with Gasteiger partial charge in [-0.15, -0.1) is 0 Å². The van der Waals surface area contributed by atoms with Gasteiger partial charge in [0.2, 0.25) is 11.8 Å². The third kappa shape index (κ3) is 6.67. The number of nitrogens with one attached hydrogen (secondary N) is 2. The highest BCUT2D eigenvalue weighted by Gasteiger charge is 2.26. The first-order valence-corrected chi connectivity index (χ1v) is 9.56. The number of carbonyl (C=O) groups is 3. The van der Waals surface area contributed by atoms with Crippen LogP contribution in [0.3, 0.4) is 0 Å². The number of amides is 3. The van der Waals surface area contributed by atoms with Gasteiger partial charge in [0.15, 0.2) is 0 Å². The van der Waals surface area contributed by atoms with Gasteiger partial charge in [0.25, 0.3) is 5.91 Å². The van der Waals surface area contributed by atoms with E-state index in [-0.39, 0.29) is 36.7 Å². The van der Waals surface area contributed by atoms with Gasteiger partial charge in [-0.25, -0.2) is 0 Å². The molecule has 148 valence electrons. The Balaban J connectivity index is 2.00. The van der Waals surface area contributed by atoms with Gasteiger partial charge in [-0.3, -0.25) is 19.3 Å². The molecule has 2 rings (SSSR count). The van der Waals surface area contributed by atoms with Gasteiger partial charge in [-0.2, -0.15) is 0 Å². The minimum atomic E-state index is -0.348. The molecule has 7 nitrogen and oxygen atoms in total. The molecular formula is C20H30N4O3. The number of rotatable bonds is 8. The summed E-state index contributed by atoms with van der Waals surface area (Å²) in [6.45, 7) is 5.57.